The van der Waals surface area contributed by atoms with Crippen molar-refractivity contribution in [2.24, 2.45) is 23.7 Å². The van der Waals surface area contributed by atoms with Crippen molar-refractivity contribution in [3.8, 4) is 0 Å². The van der Waals surface area contributed by atoms with Gasteiger partial charge in [-0.05, 0) is 23.7 Å². The molecule has 0 saturated carbocycles. The van der Waals surface area contributed by atoms with Crippen LogP contribution in [0.3, 0.4) is 0 Å². The van der Waals surface area contributed by atoms with E-state index in [-0.39, 0.29) is 35.6 Å². The molecule has 0 aliphatic heterocycles. The molecule has 0 saturated heterocycles. The first-order chi connectivity index (χ1) is 9.08. The van der Waals surface area contributed by atoms with Gasteiger partial charge in [0.25, 0.3) is 0 Å². The summed E-state index contributed by atoms with van der Waals surface area (Å²) < 4.78 is 0. The molecule has 0 aliphatic rings. The average Bonchev–Trinajstić information content (AvgIpc) is 2.40. The molecule has 5 heteroatoms. The molecule has 131 valence electrons. The van der Waals surface area contributed by atoms with Gasteiger partial charge in [0.1, 0.15) is 0 Å². The largest absolute Gasteiger partial charge is 0.396 e. The van der Waals surface area contributed by atoms with Crippen molar-refractivity contribution in [1.29, 1.82) is 0 Å². The van der Waals surface area contributed by atoms with Crippen LogP contribution >= 0.6 is 0 Å². The van der Waals surface area contributed by atoms with Gasteiger partial charge in [0, 0.05) is 62.0 Å². The second-order valence-corrected chi connectivity index (χ2v) is 6.31. The topological polar surface area (TPSA) is 80.9 Å². The number of aliphatic hydroxyl groups is 4. The number of hydrogen-bond acceptors (Lipinski definition) is 4. The summed E-state index contributed by atoms with van der Waals surface area (Å²) in [6.45, 7) is 17.0. The first kappa shape index (κ1) is 33.6. The summed E-state index contributed by atoms with van der Waals surface area (Å²) in [5, 5.41) is 32.6. The summed E-state index contributed by atoms with van der Waals surface area (Å²) >= 11 is 0. The van der Waals surface area contributed by atoms with E-state index in [1.807, 2.05) is 55.4 Å². The Labute approximate surface area is 161 Å². The fourth-order valence-corrected chi connectivity index (χ4v) is 0. The first-order valence-electron chi connectivity index (χ1n) is 7.52. The number of hydrogen-bond donors (Lipinski definition) is 4. The molecule has 4 N–H and O–H groups in total. The second kappa shape index (κ2) is 29.1. The molecule has 0 atom stereocenters. The van der Waals surface area contributed by atoms with Gasteiger partial charge in [-0.1, -0.05) is 55.4 Å². The average molecular weight is 435 g/mol. The Balaban J connectivity index is -0.0000000533. The third-order valence-electron chi connectivity index (χ3n) is 1.46. The van der Waals surface area contributed by atoms with Gasteiger partial charge >= 0.3 is 0 Å². The third kappa shape index (κ3) is 93.4. The maximum Gasteiger partial charge on any atom is 0.0453 e. The van der Waals surface area contributed by atoms with Gasteiger partial charge in [0.2, 0.25) is 0 Å². The zero-order chi connectivity index (χ0) is 17.1. The molecule has 0 spiro atoms. The summed E-state index contributed by atoms with van der Waals surface area (Å²) in [4.78, 5) is 0. The monoisotopic (exact) mass is 435 g/mol. The van der Waals surface area contributed by atoms with Crippen LogP contribution in [0.25, 0.3) is 0 Å². The van der Waals surface area contributed by atoms with Gasteiger partial charge in [-0.3, -0.25) is 0 Å². The Hall–Kier alpha value is 1.03. The predicted molar refractivity (Wildman–Crippen MR) is 87.7 cm³/mol. The van der Waals surface area contributed by atoms with Crippen molar-refractivity contribution in [3.63, 3.8) is 0 Å². The fourth-order valence-electron chi connectivity index (χ4n) is 0. The third-order valence-corrected chi connectivity index (χ3v) is 1.46. The summed E-state index contributed by atoms with van der Waals surface area (Å²) in [6, 6.07) is 0. The molecule has 0 amide bonds. The molecule has 0 bridgehead atoms. The van der Waals surface area contributed by atoms with Gasteiger partial charge in [0.05, 0.1) is 0 Å². The Morgan fingerprint density at radius 1 is 0.429 bits per heavy atom. The van der Waals surface area contributed by atoms with Gasteiger partial charge in [0.15, 0.2) is 0 Å². The van der Waals surface area contributed by atoms with Gasteiger partial charge in [-0.2, -0.15) is 0 Å². The van der Waals surface area contributed by atoms with Gasteiger partial charge in [-0.25, -0.2) is 0 Å². The van der Waals surface area contributed by atoms with Crippen LogP contribution < -0.4 is 0 Å². The second-order valence-electron chi connectivity index (χ2n) is 6.31. The summed E-state index contributed by atoms with van der Waals surface area (Å²) in [7, 11) is 0. The quantitative estimate of drug-likeness (QED) is 0.547. The van der Waals surface area contributed by atoms with E-state index in [1.54, 1.807) is 0 Å². The molecule has 0 aromatic heterocycles. The predicted octanol–water partition coefficient (Wildman–Crippen LogP) is 2.54. The minimum atomic E-state index is 0. The fraction of sp³-hybridized carbons (Fsp3) is 1.00. The van der Waals surface area contributed by atoms with E-state index in [4.69, 9.17) is 20.4 Å². The van der Waals surface area contributed by atoms with Gasteiger partial charge < -0.3 is 20.4 Å². The Morgan fingerprint density at radius 3 is 0.476 bits per heavy atom. The maximum atomic E-state index is 8.14. The van der Waals surface area contributed by atoms with Crippen molar-refractivity contribution in [2.75, 3.05) is 26.4 Å². The molecule has 0 unspecified atom stereocenters. The van der Waals surface area contributed by atoms with Crippen molar-refractivity contribution in [2.45, 2.75) is 55.4 Å². The van der Waals surface area contributed by atoms with Crippen LogP contribution in [0, 0.1) is 59.3 Å². The molecule has 21 heavy (non-hydrogen) atoms. The molecule has 0 fully saturated rings. The molecular weight excluding hydrogens is 395 g/mol. The molecule has 0 rings (SSSR count). The number of rotatable bonds is 4. The molecule has 0 aromatic carbocycles. The zero-order valence-electron chi connectivity index (χ0n) is 15.5. The van der Waals surface area contributed by atoms with Crippen LogP contribution in [-0.4, -0.2) is 46.9 Å². The van der Waals surface area contributed by atoms with Crippen LogP contribution in [0.1, 0.15) is 55.4 Å². The van der Waals surface area contributed by atoms with Crippen LogP contribution in [0.5, 0.6) is 0 Å². The van der Waals surface area contributed by atoms with Crippen molar-refractivity contribution in [3.05, 3.63) is 0 Å². The zero-order valence-corrected chi connectivity index (χ0v) is 19.1. The van der Waals surface area contributed by atoms with Crippen LogP contribution in [-0.2, 0) is 0 Å². The van der Waals surface area contributed by atoms with E-state index >= 15 is 0 Å². The summed E-state index contributed by atoms with van der Waals surface area (Å²) in [6.07, 6.45) is 0. The van der Waals surface area contributed by atoms with Crippen molar-refractivity contribution >= 4 is 0 Å². The molecule has 1 radical (unpaired) electrons. The SMILES string of the molecule is CC(C)CO.CC(C)CO.CC(C)CO.CC(C)CO.[La]. The van der Waals surface area contributed by atoms with Crippen LogP contribution in [0.15, 0.2) is 0 Å². The molecule has 0 aromatic rings. The Bertz CT molecular complexity index is 108. The van der Waals surface area contributed by atoms with Crippen molar-refractivity contribution in [1.82, 2.24) is 0 Å². The molecule has 4 nitrogen and oxygen atoms in total. The van der Waals surface area contributed by atoms with E-state index in [2.05, 4.69) is 0 Å². The summed E-state index contributed by atoms with van der Waals surface area (Å²) in [5.74, 6) is 1.76. The van der Waals surface area contributed by atoms with E-state index in [1.165, 1.54) is 0 Å². The molecule has 0 heterocycles. The van der Waals surface area contributed by atoms with E-state index in [0.29, 0.717) is 50.1 Å². The Kier molecular flexibility index (Phi) is 46.6. The van der Waals surface area contributed by atoms with E-state index < -0.39 is 0 Å². The van der Waals surface area contributed by atoms with Gasteiger partial charge in [-0.15, -0.1) is 0 Å². The normalized spacial score (nSPS) is 9.14. The van der Waals surface area contributed by atoms with Crippen LogP contribution in [0.4, 0.5) is 0 Å². The van der Waals surface area contributed by atoms with Crippen molar-refractivity contribution < 1.29 is 56.0 Å². The first-order valence-corrected chi connectivity index (χ1v) is 7.52. The number of aliphatic hydroxyl groups excluding tert-OH is 4. The van der Waals surface area contributed by atoms with Crippen LogP contribution in [0.2, 0.25) is 0 Å². The standard InChI is InChI=1S/4C4H10O.La/c4*1-4(2)3-5;/h4*4-5H,3H2,1-2H3;. The smallest absolute Gasteiger partial charge is 0.0453 e. The Morgan fingerprint density at radius 2 is 0.476 bits per heavy atom. The minimum Gasteiger partial charge on any atom is -0.396 e. The summed E-state index contributed by atoms with van der Waals surface area (Å²) in [5.41, 5.74) is 0. The minimum absolute atomic E-state index is 0. The molecular formula is C16H40LaO4. The van der Waals surface area contributed by atoms with E-state index in [9.17, 15) is 0 Å². The maximum absolute atomic E-state index is 8.14. The molecule has 0 aliphatic carbocycles. The van der Waals surface area contributed by atoms with E-state index in [0.717, 1.165) is 0 Å².